The molecule has 0 aliphatic carbocycles. The van der Waals surface area contributed by atoms with Crippen LogP contribution in [0.3, 0.4) is 0 Å². The highest BCUT2D eigenvalue weighted by molar-refractivity contribution is 5.89. The molecule has 34 heavy (non-hydrogen) atoms. The second kappa shape index (κ2) is 12.2. The number of aliphatic hydroxyl groups is 1. The highest BCUT2D eigenvalue weighted by Crippen LogP contribution is 2.19. The normalized spacial score (nSPS) is 12.3. The first-order valence-corrected chi connectivity index (χ1v) is 10.7. The number of carbonyl (C=O) groups is 3. The molecular formula is C26H26N2O6. The smallest absolute Gasteiger partial charge is 0.408 e. The lowest BCUT2D eigenvalue weighted by molar-refractivity contribution is -0.142. The van der Waals surface area contributed by atoms with Crippen LogP contribution in [0.4, 0.5) is 4.79 Å². The van der Waals surface area contributed by atoms with Gasteiger partial charge in [0, 0.05) is 6.42 Å². The Balaban J connectivity index is 1.56. The van der Waals surface area contributed by atoms with E-state index in [0.29, 0.717) is 5.56 Å². The molecule has 176 valence electrons. The minimum Gasteiger partial charge on any atom is -0.480 e. The average molecular weight is 463 g/mol. The monoisotopic (exact) mass is 462 g/mol. The van der Waals surface area contributed by atoms with E-state index in [4.69, 9.17) is 4.74 Å². The Labute approximate surface area is 197 Å². The molecule has 0 aliphatic rings. The summed E-state index contributed by atoms with van der Waals surface area (Å²) in [5.41, 5.74) is 3.49. The number of hydrogen-bond acceptors (Lipinski definition) is 5. The molecule has 2 atom stereocenters. The molecule has 8 nitrogen and oxygen atoms in total. The number of alkyl carbamates (subject to hydrolysis) is 1. The van der Waals surface area contributed by atoms with Crippen molar-refractivity contribution >= 4 is 18.0 Å². The van der Waals surface area contributed by atoms with Gasteiger partial charge >= 0.3 is 12.1 Å². The van der Waals surface area contributed by atoms with Crippen LogP contribution in [0.5, 0.6) is 0 Å². The van der Waals surface area contributed by atoms with Crippen LogP contribution in [0.25, 0.3) is 11.1 Å². The van der Waals surface area contributed by atoms with Crippen LogP contribution >= 0.6 is 0 Å². The molecule has 0 spiro atoms. The third-order valence-electron chi connectivity index (χ3n) is 5.12. The number of aliphatic carboxylic acids is 1. The summed E-state index contributed by atoms with van der Waals surface area (Å²) in [7, 11) is 0. The minimum absolute atomic E-state index is 0.0107. The van der Waals surface area contributed by atoms with E-state index in [1.165, 1.54) is 0 Å². The van der Waals surface area contributed by atoms with Crippen molar-refractivity contribution in [3.8, 4) is 11.1 Å². The number of benzene rings is 3. The van der Waals surface area contributed by atoms with Crippen LogP contribution in [0.1, 0.15) is 11.1 Å². The van der Waals surface area contributed by atoms with Crippen molar-refractivity contribution in [2.45, 2.75) is 25.1 Å². The second-order valence-corrected chi connectivity index (χ2v) is 7.61. The second-order valence-electron chi connectivity index (χ2n) is 7.61. The highest BCUT2D eigenvalue weighted by Gasteiger charge is 2.26. The summed E-state index contributed by atoms with van der Waals surface area (Å²) >= 11 is 0. The zero-order chi connectivity index (χ0) is 24.3. The van der Waals surface area contributed by atoms with Crippen molar-refractivity contribution in [1.29, 1.82) is 0 Å². The Morgan fingerprint density at radius 3 is 1.91 bits per heavy atom. The summed E-state index contributed by atoms with van der Waals surface area (Å²) in [6.45, 7) is -0.729. The Bertz CT molecular complexity index is 1090. The van der Waals surface area contributed by atoms with E-state index in [-0.39, 0.29) is 13.0 Å². The number of amides is 2. The maximum atomic E-state index is 12.5. The fraction of sp³-hybridized carbons (Fsp3) is 0.192. The van der Waals surface area contributed by atoms with Gasteiger partial charge in [-0.25, -0.2) is 9.59 Å². The quantitative estimate of drug-likeness (QED) is 0.367. The topological polar surface area (TPSA) is 125 Å². The number of rotatable bonds is 10. The Kier molecular flexibility index (Phi) is 8.76. The molecule has 0 radical (unpaired) electrons. The maximum Gasteiger partial charge on any atom is 0.408 e. The van der Waals surface area contributed by atoms with Gasteiger partial charge in [-0.05, 0) is 22.3 Å². The minimum atomic E-state index is -1.36. The zero-order valence-electron chi connectivity index (χ0n) is 18.4. The average Bonchev–Trinajstić information content (AvgIpc) is 2.87. The van der Waals surface area contributed by atoms with Gasteiger partial charge in [0.25, 0.3) is 0 Å². The molecule has 0 unspecified atom stereocenters. The van der Waals surface area contributed by atoms with Crippen LogP contribution in [-0.2, 0) is 27.4 Å². The highest BCUT2D eigenvalue weighted by atomic mass is 16.5. The van der Waals surface area contributed by atoms with Crippen molar-refractivity contribution in [3.63, 3.8) is 0 Å². The van der Waals surface area contributed by atoms with Gasteiger partial charge in [-0.2, -0.15) is 0 Å². The maximum absolute atomic E-state index is 12.5. The molecule has 0 aromatic heterocycles. The van der Waals surface area contributed by atoms with E-state index in [1.54, 1.807) is 36.4 Å². The van der Waals surface area contributed by atoms with E-state index in [1.807, 2.05) is 48.5 Å². The van der Waals surface area contributed by atoms with E-state index in [2.05, 4.69) is 10.6 Å². The van der Waals surface area contributed by atoms with Crippen LogP contribution < -0.4 is 10.6 Å². The SMILES string of the molecule is O=C(N[C@@H](CO)C(=O)N[C@H](Cc1ccc(-c2ccccc2)cc1)C(=O)O)OCc1ccccc1. The molecule has 0 saturated heterocycles. The zero-order valence-corrected chi connectivity index (χ0v) is 18.4. The molecule has 0 heterocycles. The molecule has 3 aromatic carbocycles. The molecule has 3 aromatic rings. The van der Waals surface area contributed by atoms with Gasteiger partial charge in [0.05, 0.1) is 6.61 Å². The van der Waals surface area contributed by atoms with Crippen molar-refractivity contribution in [2.75, 3.05) is 6.61 Å². The third-order valence-corrected chi connectivity index (χ3v) is 5.12. The third kappa shape index (κ3) is 7.18. The first-order valence-electron chi connectivity index (χ1n) is 10.7. The van der Waals surface area contributed by atoms with E-state index < -0.39 is 36.7 Å². The Morgan fingerprint density at radius 2 is 1.32 bits per heavy atom. The number of carboxylic acids is 1. The van der Waals surface area contributed by atoms with E-state index >= 15 is 0 Å². The Hall–Kier alpha value is -4.17. The number of carbonyl (C=O) groups excluding carboxylic acids is 2. The predicted octanol–water partition coefficient (Wildman–Crippen LogP) is 2.75. The lowest BCUT2D eigenvalue weighted by Crippen LogP contribution is -2.53. The lowest BCUT2D eigenvalue weighted by atomic mass is 10.0. The van der Waals surface area contributed by atoms with Gasteiger partial charge in [0.15, 0.2) is 0 Å². The summed E-state index contributed by atoms with van der Waals surface area (Å²) in [4.78, 5) is 36.3. The summed E-state index contributed by atoms with van der Waals surface area (Å²) in [6.07, 6.45) is -0.867. The molecule has 0 fully saturated rings. The number of aliphatic hydroxyl groups excluding tert-OH is 1. The van der Waals surface area contributed by atoms with Crippen LogP contribution in [0.15, 0.2) is 84.9 Å². The first kappa shape index (κ1) is 24.5. The Morgan fingerprint density at radius 1 is 0.735 bits per heavy atom. The van der Waals surface area contributed by atoms with E-state index in [0.717, 1.165) is 16.7 Å². The van der Waals surface area contributed by atoms with Gasteiger partial charge in [-0.1, -0.05) is 84.9 Å². The van der Waals surface area contributed by atoms with Crippen LogP contribution in [0.2, 0.25) is 0 Å². The number of nitrogens with one attached hydrogen (secondary N) is 2. The predicted molar refractivity (Wildman–Crippen MR) is 126 cm³/mol. The molecule has 0 bridgehead atoms. The summed E-state index contributed by atoms with van der Waals surface area (Å²) < 4.78 is 5.05. The van der Waals surface area contributed by atoms with Crippen molar-refractivity contribution in [1.82, 2.24) is 10.6 Å². The summed E-state index contributed by atoms with van der Waals surface area (Å²) in [6, 6.07) is 23.5. The largest absolute Gasteiger partial charge is 0.480 e. The first-order chi connectivity index (χ1) is 16.5. The number of hydrogen-bond donors (Lipinski definition) is 4. The lowest BCUT2D eigenvalue weighted by Gasteiger charge is -2.20. The van der Waals surface area contributed by atoms with Gasteiger partial charge in [-0.15, -0.1) is 0 Å². The van der Waals surface area contributed by atoms with Crippen LogP contribution in [0, 0.1) is 0 Å². The van der Waals surface area contributed by atoms with Gasteiger partial charge in [0.1, 0.15) is 18.7 Å². The van der Waals surface area contributed by atoms with Crippen molar-refractivity contribution < 1.29 is 29.3 Å². The summed E-state index contributed by atoms with van der Waals surface area (Å²) in [5.74, 6) is -2.06. The van der Waals surface area contributed by atoms with Gasteiger partial charge in [-0.3, -0.25) is 4.79 Å². The molecule has 2 amide bonds. The number of ether oxygens (including phenoxy) is 1. The number of carboxylic acid groups (broad SMARTS) is 1. The molecule has 8 heteroatoms. The van der Waals surface area contributed by atoms with Gasteiger partial charge < -0.3 is 25.6 Å². The van der Waals surface area contributed by atoms with Crippen LogP contribution in [-0.4, -0.2) is 46.9 Å². The molecule has 3 rings (SSSR count). The van der Waals surface area contributed by atoms with E-state index in [9.17, 15) is 24.6 Å². The fourth-order valence-electron chi connectivity index (χ4n) is 3.27. The van der Waals surface area contributed by atoms with Gasteiger partial charge in [0.2, 0.25) is 5.91 Å². The summed E-state index contributed by atoms with van der Waals surface area (Å²) in [5, 5.41) is 23.7. The molecule has 0 saturated carbocycles. The van der Waals surface area contributed by atoms with Crippen molar-refractivity contribution in [3.05, 3.63) is 96.1 Å². The fourth-order valence-corrected chi connectivity index (χ4v) is 3.27. The standard InChI is InChI=1S/C26H26N2O6/c29-16-23(28-26(33)34-17-19-7-3-1-4-8-19)24(30)27-22(25(31)32)15-18-11-13-21(14-12-18)20-9-5-2-6-10-20/h1-14,22-23,29H,15-17H2,(H,27,30)(H,28,33)(H,31,32)/t22-,23+/m1/s1. The molecule has 4 N–H and O–H groups in total. The van der Waals surface area contributed by atoms with Crippen molar-refractivity contribution in [2.24, 2.45) is 0 Å². The molecule has 0 aliphatic heterocycles. The molecular weight excluding hydrogens is 436 g/mol.